The van der Waals surface area contributed by atoms with Crippen LogP contribution in [0.1, 0.15) is 50.2 Å². The Morgan fingerprint density at radius 3 is 2.57 bits per heavy atom. The van der Waals surface area contributed by atoms with E-state index in [1.165, 1.54) is 31.2 Å². The van der Waals surface area contributed by atoms with Gasteiger partial charge in [-0.25, -0.2) is 0 Å². The highest BCUT2D eigenvalue weighted by Crippen LogP contribution is 2.37. The van der Waals surface area contributed by atoms with Crippen LogP contribution in [0.4, 0.5) is 0 Å². The first-order chi connectivity index (χ1) is 14.2. The Kier molecular flexibility index (Phi) is 11.1. The number of hydrogen-bond acceptors (Lipinski definition) is 3. The number of nitrogens with one attached hydrogen (secondary N) is 1. The Hall–Kier alpha value is -1.20. The second kappa shape index (κ2) is 13.3. The highest BCUT2D eigenvalue weighted by atomic mass is 79.9. The van der Waals surface area contributed by atoms with Crippen molar-refractivity contribution in [2.45, 2.75) is 52.2 Å². The summed E-state index contributed by atoms with van der Waals surface area (Å²) < 4.78 is 12.8. The number of allylic oxidation sites excluding steroid dienone is 1. The number of hydrogen-bond donors (Lipinski definition) is 1. The average Bonchev–Trinajstić information content (AvgIpc) is 2.73. The molecule has 6 heteroatoms. The van der Waals surface area contributed by atoms with Gasteiger partial charge >= 0.3 is 0 Å². The van der Waals surface area contributed by atoms with Crippen LogP contribution >= 0.6 is 39.9 Å². The van der Waals surface area contributed by atoms with Crippen LogP contribution < -0.4 is 14.8 Å². The van der Waals surface area contributed by atoms with E-state index in [1.54, 1.807) is 5.57 Å². The van der Waals surface area contributed by atoms with Gasteiger partial charge in [0.15, 0.2) is 11.5 Å². The molecule has 2 aromatic rings. The van der Waals surface area contributed by atoms with Crippen molar-refractivity contribution in [3.05, 3.63) is 68.7 Å². The molecule has 0 aliphatic heterocycles. The Balaban J connectivity index is 0.00000320. The van der Waals surface area contributed by atoms with Crippen LogP contribution in [0.3, 0.4) is 0 Å². The molecule has 0 saturated carbocycles. The summed E-state index contributed by atoms with van der Waals surface area (Å²) in [6.45, 7) is 4.85. The van der Waals surface area contributed by atoms with Crippen LogP contribution in [0.5, 0.6) is 11.5 Å². The van der Waals surface area contributed by atoms with Crippen LogP contribution in [0, 0.1) is 0 Å². The number of halogens is 3. The highest BCUT2D eigenvalue weighted by molar-refractivity contribution is 9.10. The SMILES string of the molecule is CCOc1cc(CNCCC2=CCCCC2)cc(Br)c1OCc1ccc(Cl)cc1.Cl. The number of rotatable bonds is 10. The predicted octanol–water partition coefficient (Wildman–Crippen LogP) is 7.48. The molecule has 0 saturated heterocycles. The fraction of sp³-hybridized carbons (Fsp3) is 0.417. The second-order valence-electron chi connectivity index (χ2n) is 7.29. The van der Waals surface area contributed by atoms with E-state index in [-0.39, 0.29) is 12.4 Å². The monoisotopic (exact) mass is 513 g/mol. The molecule has 30 heavy (non-hydrogen) atoms. The molecule has 0 unspecified atom stereocenters. The normalized spacial score (nSPS) is 13.4. The lowest BCUT2D eigenvalue weighted by Crippen LogP contribution is -2.16. The summed E-state index contributed by atoms with van der Waals surface area (Å²) in [6, 6.07) is 11.9. The molecule has 1 aliphatic rings. The van der Waals surface area contributed by atoms with Crippen LogP contribution in [0.2, 0.25) is 5.02 Å². The molecule has 0 heterocycles. The topological polar surface area (TPSA) is 30.5 Å². The standard InChI is InChI=1S/C24H29BrClNO2.ClH/c1-2-28-23-15-20(16-27-13-12-18-6-4-3-5-7-18)14-22(25)24(23)29-17-19-8-10-21(26)11-9-19;/h6,8-11,14-15,27H,2-5,7,12-13,16-17H2,1H3;1H. The first-order valence-corrected chi connectivity index (χ1v) is 11.5. The molecule has 164 valence electrons. The van der Waals surface area contributed by atoms with Crippen molar-refractivity contribution in [1.82, 2.24) is 5.32 Å². The van der Waals surface area contributed by atoms with E-state index in [0.717, 1.165) is 46.1 Å². The highest BCUT2D eigenvalue weighted by Gasteiger charge is 2.13. The molecular formula is C24H30BrCl2NO2. The quantitative estimate of drug-likeness (QED) is 0.263. The van der Waals surface area contributed by atoms with Crippen LogP contribution in [-0.4, -0.2) is 13.2 Å². The summed E-state index contributed by atoms with van der Waals surface area (Å²) in [5.74, 6) is 1.50. The van der Waals surface area contributed by atoms with Gasteiger partial charge in [0.25, 0.3) is 0 Å². The van der Waals surface area contributed by atoms with Crippen molar-refractivity contribution in [1.29, 1.82) is 0 Å². The van der Waals surface area contributed by atoms with Gasteiger partial charge in [-0.15, -0.1) is 12.4 Å². The van der Waals surface area contributed by atoms with E-state index in [0.29, 0.717) is 13.2 Å². The lowest BCUT2D eigenvalue weighted by Gasteiger charge is -2.16. The molecule has 0 spiro atoms. The predicted molar refractivity (Wildman–Crippen MR) is 131 cm³/mol. The van der Waals surface area contributed by atoms with Gasteiger partial charge < -0.3 is 14.8 Å². The van der Waals surface area contributed by atoms with E-state index in [9.17, 15) is 0 Å². The van der Waals surface area contributed by atoms with Crippen LogP contribution in [-0.2, 0) is 13.2 Å². The third kappa shape index (κ3) is 7.81. The second-order valence-corrected chi connectivity index (χ2v) is 8.58. The zero-order chi connectivity index (χ0) is 20.5. The Morgan fingerprint density at radius 2 is 1.87 bits per heavy atom. The lowest BCUT2D eigenvalue weighted by atomic mass is 9.97. The Bertz CT molecular complexity index is 825. The van der Waals surface area contributed by atoms with Crippen molar-refractivity contribution in [2.75, 3.05) is 13.2 Å². The molecule has 1 N–H and O–H groups in total. The minimum absolute atomic E-state index is 0. The van der Waals surface area contributed by atoms with Gasteiger partial charge in [-0.3, -0.25) is 0 Å². The fourth-order valence-electron chi connectivity index (χ4n) is 3.48. The molecular weight excluding hydrogens is 485 g/mol. The molecule has 0 fully saturated rings. The third-order valence-corrected chi connectivity index (χ3v) is 5.84. The molecule has 1 aliphatic carbocycles. The zero-order valence-corrected chi connectivity index (χ0v) is 20.5. The van der Waals surface area contributed by atoms with Gasteiger partial charge in [-0.05, 0) is 96.9 Å². The molecule has 2 aromatic carbocycles. The van der Waals surface area contributed by atoms with Crippen molar-refractivity contribution >= 4 is 39.9 Å². The summed E-state index contributed by atoms with van der Waals surface area (Å²) >= 11 is 9.62. The molecule has 0 atom stereocenters. The van der Waals surface area contributed by atoms with Gasteiger partial charge in [-0.1, -0.05) is 35.4 Å². The van der Waals surface area contributed by atoms with Crippen molar-refractivity contribution < 1.29 is 9.47 Å². The summed E-state index contributed by atoms with van der Waals surface area (Å²) in [5, 5.41) is 4.28. The Morgan fingerprint density at radius 1 is 1.07 bits per heavy atom. The largest absolute Gasteiger partial charge is 0.490 e. The molecule has 3 nitrogen and oxygen atoms in total. The molecule has 0 bridgehead atoms. The third-order valence-electron chi connectivity index (χ3n) is 5.00. The van der Waals surface area contributed by atoms with Gasteiger partial charge in [0.2, 0.25) is 0 Å². The number of benzene rings is 2. The first kappa shape index (κ1) is 25.1. The zero-order valence-electron chi connectivity index (χ0n) is 17.4. The van der Waals surface area contributed by atoms with Crippen molar-refractivity contribution in [2.24, 2.45) is 0 Å². The summed E-state index contributed by atoms with van der Waals surface area (Å²) in [6.07, 6.45) is 8.76. The Labute approximate surface area is 199 Å². The molecule has 0 amide bonds. The van der Waals surface area contributed by atoms with E-state index in [1.807, 2.05) is 31.2 Å². The van der Waals surface area contributed by atoms with Crippen molar-refractivity contribution in [3.63, 3.8) is 0 Å². The average molecular weight is 515 g/mol. The van der Waals surface area contributed by atoms with Gasteiger partial charge in [0.1, 0.15) is 6.61 Å². The maximum Gasteiger partial charge on any atom is 0.175 e. The van der Waals surface area contributed by atoms with Gasteiger partial charge in [-0.2, -0.15) is 0 Å². The first-order valence-electron chi connectivity index (χ1n) is 10.4. The van der Waals surface area contributed by atoms with E-state index in [2.05, 4.69) is 39.5 Å². The van der Waals surface area contributed by atoms with Crippen LogP contribution in [0.15, 0.2) is 52.5 Å². The maximum atomic E-state index is 6.06. The summed E-state index contributed by atoms with van der Waals surface area (Å²) in [7, 11) is 0. The van der Waals surface area contributed by atoms with Gasteiger partial charge in [0, 0.05) is 11.6 Å². The summed E-state index contributed by atoms with van der Waals surface area (Å²) in [5.41, 5.74) is 3.84. The molecule has 3 rings (SSSR count). The number of ether oxygens (including phenoxy) is 2. The summed E-state index contributed by atoms with van der Waals surface area (Å²) in [4.78, 5) is 0. The fourth-order valence-corrected chi connectivity index (χ4v) is 4.21. The van der Waals surface area contributed by atoms with E-state index < -0.39 is 0 Å². The molecule has 0 aromatic heterocycles. The smallest absolute Gasteiger partial charge is 0.175 e. The van der Waals surface area contributed by atoms with E-state index >= 15 is 0 Å². The minimum Gasteiger partial charge on any atom is -0.490 e. The molecule has 0 radical (unpaired) electrons. The van der Waals surface area contributed by atoms with Gasteiger partial charge in [0.05, 0.1) is 11.1 Å². The van der Waals surface area contributed by atoms with E-state index in [4.69, 9.17) is 21.1 Å². The van der Waals surface area contributed by atoms with Crippen LogP contribution in [0.25, 0.3) is 0 Å². The minimum atomic E-state index is 0. The van der Waals surface area contributed by atoms with Crippen molar-refractivity contribution in [3.8, 4) is 11.5 Å². The maximum absolute atomic E-state index is 6.06. The lowest BCUT2D eigenvalue weighted by molar-refractivity contribution is 0.267.